The number of hydrogen-bond acceptors (Lipinski definition) is 3. The molecule has 5 heteroatoms. The van der Waals surface area contributed by atoms with Crippen LogP contribution in [0, 0.1) is 0 Å². The SMILES string of the molecule is NCCCCN1CCN(CC(F)F)CC1. The Bertz CT molecular complexity index is 159. The molecule has 0 radical (unpaired) electrons. The van der Waals surface area contributed by atoms with Crippen molar-refractivity contribution in [3.63, 3.8) is 0 Å². The second-order valence-electron chi connectivity index (χ2n) is 4.03. The van der Waals surface area contributed by atoms with Crippen molar-refractivity contribution in [1.82, 2.24) is 9.80 Å². The molecular weight excluding hydrogens is 200 g/mol. The van der Waals surface area contributed by atoms with Gasteiger partial charge in [-0.2, -0.15) is 0 Å². The van der Waals surface area contributed by atoms with Gasteiger partial charge in [0.05, 0.1) is 6.54 Å². The van der Waals surface area contributed by atoms with Crippen molar-refractivity contribution in [3.05, 3.63) is 0 Å². The standard InChI is InChI=1S/C10H21F2N3/c11-10(12)9-15-7-5-14(6-8-15)4-2-1-3-13/h10H,1-9,13H2. The second-order valence-corrected chi connectivity index (χ2v) is 4.03. The first-order valence-corrected chi connectivity index (χ1v) is 5.65. The van der Waals surface area contributed by atoms with Crippen molar-refractivity contribution in [2.24, 2.45) is 5.73 Å². The molecule has 90 valence electrons. The molecule has 1 heterocycles. The molecule has 1 rings (SSSR count). The van der Waals surface area contributed by atoms with Gasteiger partial charge in [-0.05, 0) is 25.9 Å². The molecule has 0 saturated carbocycles. The summed E-state index contributed by atoms with van der Waals surface area (Å²) in [5.41, 5.74) is 5.41. The molecule has 0 aromatic carbocycles. The molecule has 0 spiro atoms. The number of hydrogen-bond donors (Lipinski definition) is 1. The van der Waals surface area contributed by atoms with Crippen molar-refractivity contribution in [2.75, 3.05) is 45.8 Å². The summed E-state index contributed by atoms with van der Waals surface area (Å²) in [4.78, 5) is 4.17. The normalized spacial score (nSPS) is 20.0. The molecule has 1 fully saturated rings. The van der Waals surface area contributed by atoms with E-state index in [1.807, 2.05) is 4.90 Å². The van der Waals surface area contributed by atoms with Gasteiger partial charge < -0.3 is 10.6 Å². The molecule has 0 aromatic rings. The van der Waals surface area contributed by atoms with Crippen LogP contribution in [-0.4, -0.2) is 62.0 Å². The van der Waals surface area contributed by atoms with Gasteiger partial charge in [0.1, 0.15) is 0 Å². The molecule has 0 amide bonds. The molecule has 0 unspecified atom stereocenters. The van der Waals surface area contributed by atoms with Gasteiger partial charge in [0.2, 0.25) is 0 Å². The predicted molar refractivity (Wildman–Crippen MR) is 57.2 cm³/mol. The molecule has 1 aliphatic rings. The van der Waals surface area contributed by atoms with E-state index in [0.717, 1.165) is 52.1 Å². The average Bonchev–Trinajstić information content (AvgIpc) is 2.20. The highest BCUT2D eigenvalue weighted by Crippen LogP contribution is 2.05. The minimum atomic E-state index is -2.20. The van der Waals surface area contributed by atoms with Crippen LogP contribution in [0.5, 0.6) is 0 Å². The van der Waals surface area contributed by atoms with Crippen molar-refractivity contribution >= 4 is 0 Å². The number of rotatable bonds is 6. The Morgan fingerprint density at radius 3 is 2.13 bits per heavy atom. The first kappa shape index (κ1) is 12.8. The van der Waals surface area contributed by atoms with Gasteiger partial charge in [0.15, 0.2) is 0 Å². The van der Waals surface area contributed by atoms with Crippen LogP contribution in [0.4, 0.5) is 8.78 Å². The highest BCUT2D eigenvalue weighted by Gasteiger charge is 2.18. The summed E-state index contributed by atoms with van der Waals surface area (Å²) >= 11 is 0. The zero-order valence-electron chi connectivity index (χ0n) is 9.17. The lowest BCUT2D eigenvalue weighted by Gasteiger charge is -2.34. The zero-order chi connectivity index (χ0) is 11.1. The molecule has 15 heavy (non-hydrogen) atoms. The maximum Gasteiger partial charge on any atom is 0.251 e. The van der Waals surface area contributed by atoms with Crippen LogP contribution in [0.3, 0.4) is 0 Å². The summed E-state index contributed by atoms with van der Waals surface area (Å²) in [5.74, 6) is 0. The van der Waals surface area contributed by atoms with E-state index < -0.39 is 6.43 Å². The third-order valence-corrected chi connectivity index (χ3v) is 2.79. The van der Waals surface area contributed by atoms with Gasteiger partial charge in [-0.1, -0.05) is 0 Å². The fourth-order valence-electron chi connectivity index (χ4n) is 1.87. The van der Waals surface area contributed by atoms with Crippen molar-refractivity contribution in [3.8, 4) is 0 Å². The molecule has 3 nitrogen and oxygen atoms in total. The van der Waals surface area contributed by atoms with Gasteiger partial charge in [-0.15, -0.1) is 0 Å². The van der Waals surface area contributed by atoms with Crippen molar-refractivity contribution in [2.45, 2.75) is 19.3 Å². The smallest absolute Gasteiger partial charge is 0.251 e. The summed E-state index contributed by atoms with van der Waals surface area (Å²) in [6, 6.07) is 0. The Morgan fingerprint density at radius 1 is 1.00 bits per heavy atom. The molecule has 1 saturated heterocycles. The number of nitrogens with zero attached hydrogens (tertiary/aromatic N) is 2. The largest absolute Gasteiger partial charge is 0.330 e. The molecular formula is C10H21F2N3. The number of nitrogens with two attached hydrogens (primary N) is 1. The van der Waals surface area contributed by atoms with Crippen molar-refractivity contribution in [1.29, 1.82) is 0 Å². The van der Waals surface area contributed by atoms with Crippen molar-refractivity contribution < 1.29 is 8.78 Å². The summed E-state index contributed by atoms with van der Waals surface area (Å²) in [6.07, 6.45) is -0.0310. The van der Waals surface area contributed by atoms with Crippen LogP contribution < -0.4 is 5.73 Å². The number of alkyl halides is 2. The van der Waals surface area contributed by atoms with E-state index in [9.17, 15) is 8.78 Å². The van der Waals surface area contributed by atoms with E-state index >= 15 is 0 Å². The highest BCUT2D eigenvalue weighted by atomic mass is 19.3. The molecule has 0 aliphatic carbocycles. The molecule has 0 aromatic heterocycles. The van der Waals surface area contributed by atoms with Crippen LogP contribution in [0.15, 0.2) is 0 Å². The topological polar surface area (TPSA) is 32.5 Å². The lowest BCUT2D eigenvalue weighted by molar-refractivity contribution is 0.0559. The van der Waals surface area contributed by atoms with E-state index in [1.165, 1.54) is 0 Å². The maximum absolute atomic E-state index is 12.1. The minimum Gasteiger partial charge on any atom is -0.330 e. The zero-order valence-corrected chi connectivity index (χ0v) is 9.17. The van der Waals surface area contributed by atoms with E-state index in [2.05, 4.69) is 4.90 Å². The third kappa shape index (κ3) is 5.39. The van der Waals surface area contributed by atoms with Crippen LogP contribution in [0.2, 0.25) is 0 Å². The second kappa shape index (κ2) is 7.09. The van der Waals surface area contributed by atoms with E-state index in [-0.39, 0.29) is 6.54 Å². The summed E-state index contributed by atoms with van der Waals surface area (Å²) < 4.78 is 24.2. The lowest BCUT2D eigenvalue weighted by atomic mass is 10.2. The monoisotopic (exact) mass is 221 g/mol. The Morgan fingerprint density at radius 2 is 1.60 bits per heavy atom. The lowest BCUT2D eigenvalue weighted by Crippen LogP contribution is -2.47. The summed E-state index contributed by atoms with van der Waals surface area (Å²) in [6.45, 7) is 5.09. The maximum atomic E-state index is 12.1. The Balaban J connectivity index is 2.07. The molecule has 0 atom stereocenters. The Hall–Kier alpha value is -0.260. The number of piperazine rings is 1. The van der Waals surface area contributed by atoms with Gasteiger partial charge in [-0.25, -0.2) is 8.78 Å². The van der Waals surface area contributed by atoms with E-state index in [0.29, 0.717) is 0 Å². The fourth-order valence-corrected chi connectivity index (χ4v) is 1.87. The van der Waals surface area contributed by atoms with Crippen LogP contribution in [0.1, 0.15) is 12.8 Å². The quantitative estimate of drug-likeness (QED) is 0.667. The van der Waals surface area contributed by atoms with Gasteiger partial charge in [0.25, 0.3) is 6.43 Å². The third-order valence-electron chi connectivity index (χ3n) is 2.79. The highest BCUT2D eigenvalue weighted by molar-refractivity contribution is 4.72. The first-order chi connectivity index (χ1) is 7.22. The average molecular weight is 221 g/mol. The van der Waals surface area contributed by atoms with Crippen LogP contribution in [-0.2, 0) is 0 Å². The molecule has 0 bridgehead atoms. The fraction of sp³-hybridized carbons (Fsp3) is 1.00. The minimum absolute atomic E-state index is 0.0728. The molecule has 1 aliphatic heterocycles. The summed E-state index contributed by atoms with van der Waals surface area (Å²) in [7, 11) is 0. The first-order valence-electron chi connectivity index (χ1n) is 5.65. The van der Waals surface area contributed by atoms with E-state index in [4.69, 9.17) is 5.73 Å². The van der Waals surface area contributed by atoms with Gasteiger partial charge in [0, 0.05) is 26.2 Å². The van der Waals surface area contributed by atoms with Gasteiger partial charge in [-0.3, -0.25) is 4.90 Å². The van der Waals surface area contributed by atoms with Crippen LogP contribution in [0.25, 0.3) is 0 Å². The summed E-state index contributed by atoms with van der Waals surface area (Å²) in [5, 5.41) is 0. The molecule has 2 N–H and O–H groups in total. The number of halogens is 2. The van der Waals surface area contributed by atoms with Crippen LogP contribution >= 0.6 is 0 Å². The number of unbranched alkanes of at least 4 members (excludes halogenated alkanes) is 1. The Kier molecular flexibility index (Phi) is 6.05. The van der Waals surface area contributed by atoms with E-state index in [1.54, 1.807) is 0 Å². The predicted octanol–water partition coefficient (Wildman–Crippen LogP) is 0.608. The van der Waals surface area contributed by atoms with Gasteiger partial charge >= 0.3 is 0 Å². The Labute approximate surface area is 90.2 Å².